The molecule has 0 aromatic heterocycles. The average molecular weight is 341 g/mol. The molecule has 0 aliphatic carbocycles. The van der Waals surface area contributed by atoms with Gasteiger partial charge in [0.05, 0.1) is 7.11 Å². The maximum Gasteiger partial charge on any atom is 0.411 e. The van der Waals surface area contributed by atoms with E-state index in [1.54, 1.807) is 20.8 Å². The molecule has 2 aliphatic heterocycles. The minimum absolute atomic E-state index is 0.262. The molecule has 0 bridgehead atoms. The molecule has 136 valence electrons. The van der Waals surface area contributed by atoms with Crippen LogP contribution in [0.15, 0.2) is 0 Å². The molecule has 0 aromatic carbocycles. The number of hydrogen-bond donors (Lipinski definition) is 1. The van der Waals surface area contributed by atoms with Crippen molar-refractivity contribution in [3.8, 4) is 0 Å². The largest absolute Gasteiger partial charge is 0.467 e. The molecule has 3 atom stereocenters. The summed E-state index contributed by atoms with van der Waals surface area (Å²) in [6.07, 6.45) is 1.12. The number of carbonyl (C=O) groups is 3. The van der Waals surface area contributed by atoms with Crippen LogP contribution >= 0.6 is 0 Å². The van der Waals surface area contributed by atoms with Gasteiger partial charge in [0.2, 0.25) is 5.91 Å². The molecule has 0 radical (unpaired) electrons. The summed E-state index contributed by atoms with van der Waals surface area (Å²) < 4.78 is 10.2. The quantitative estimate of drug-likeness (QED) is 0.733. The van der Waals surface area contributed by atoms with E-state index in [0.29, 0.717) is 19.4 Å². The Bertz CT molecular complexity index is 516. The third-order valence-corrected chi connectivity index (χ3v) is 4.26. The van der Waals surface area contributed by atoms with Gasteiger partial charge in [-0.25, -0.2) is 9.59 Å². The number of hydrogen-bond acceptors (Lipinski definition) is 6. The van der Waals surface area contributed by atoms with Crippen molar-refractivity contribution < 1.29 is 23.9 Å². The van der Waals surface area contributed by atoms with Gasteiger partial charge in [-0.2, -0.15) is 0 Å². The lowest BCUT2D eigenvalue weighted by Gasteiger charge is -2.31. The SMILES string of the molecule is COC(=O)[C@@H]1CCCN1C(=O)[C@@H]1C[C@H](N)CN1C(=O)OC(C)(C)C. The summed E-state index contributed by atoms with van der Waals surface area (Å²) in [5, 5.41) is 0. The molecule has 0 aromatic rings. The van der Waals surface area contributed by atoms with E-state index in [4.69, 9.17) is 15.2 Å². The van der Waals surface area contributed by atoms with E-state index in [-0.39, 0.29) is 18.5 Å². The number of rotatable bonds is 2. The van der Waals surface area contributed by atoms with Gasteiger partial charge in [0.25, 0.3) is 0 Å². The van der Waals surface area contributed by atoms with Crippen LogP contribution in [0.3, 0.4) is 0 Å². The zero-order valence-corrected chi connectivity index (χ0v) is 14.8. The second kappa shape index (κ2) is 6.96. The summed E-state index contributed by atoms with van der Waals surface area (Å²) >= 11 is 0. The molecule has 2 fully saturated rings. The van der Waals surface area contributed by atoms with Crippen molar-refractivity contribution in [3.05, 3.63) is 0 Å². The average Bonchev–Trinajstić information content (AvgIpc) is 3.10. The highest BCUT2D eigenvalue weighted by Crippen LogP contribution is 2.26. The molecule has 8 heteroatoms. The van der Waals surface area contributed by atoms with Gasteiger partial charge in [0, 0.05) is 19.1 Å². The fourth-order valence-corrected chi connectivity index (χ4v) is 3.23. The minimum Gasteiger partial charge on any atom is -0.467 e. The fraction of sp³-hybridized carbons (Fsp3) is 0.812. The van der Waals surface area contributed by atoms with Gasteiger partial charge in [0.15, 0.2) is 0 Å². The van der Waals surface area contributed by atoms with Crippen LogP contribution in [0.4, 0.5) is 4.79 Å². The Morgan fingerprint density at radius 1 is 1.12 bits per heavy atom. The van der Waals surface area contributed by atoms with Crippen molar-refractivity contribution in [2.45, 2.75) is 63.8 Å². The van der Waals surface area contributed by atoms with E-state index in [9.17, 15) is 14.4 Å². The number of nitrogens with two attached hydrogens (primary N) is 1. The van der Waals surface area contributed by atoms with Crippen molar-refractivity contribution in [2.24, 2.45) is 5.73 Å². The van der Waals surface area contributed by atoms with E-state index >= 15 is 0 Å². The Labute approximate surface area is 142 Å². The summed E-state index contributed by atoms with van der Waals surface area (Å²) in [5.41, 5.74) is 5.31. The van der Waals surface area contributed by atoms with Crippen molar-refractivity contribution in [1.82, 2.24) is 9.80 Å². The third-order valence-electron chi connectivity index (χ3n) is 4.26. The minimum atomic E-state index is -0.694. The van der Waals surface area contributed by atoms with Crippen LogP contribution in [0, 0.1) is 0 Å². The Hall–Kier alpha value is -1.83. The second-order valence-corrected chi connectivity index (χ2v) is 7.36. The number of carbonyl (C=O) groups excluding carboxylic acids is 3. The molecule has 24 heavy (non-hydrogen) atoms. The van der Waals surface area contributed by atoms with Gasteiger partial charge in [-0.3, -0.25) is 9.69 Å². The van der Waals surface area contributed by atoms with Crippen LogP contribution in [0.5, 0.6) is 0 Å². The molecule has 2 amide bonds. The van der Waals surface area contributed by atoms with Crippen molar-refractivity contribution in [2.75, 3.05) is 20.2 Å². The van der Waals surface area contributed by atoms with Crippen molar-refractivity contribution in [1.29, 1.82) is 0 Å². The number of ether oxygens (including phenoxy) is 2. The summed E-state index contributed by atoms with van der Waals surface area (Å²) in [4.78, 5) is 40.1. The molecule has 2 N–H and O–H groups in total. The molecule has 8 nitrogen and oxygen atoms in total. The smallest absolute Gasteiger partial charge is 0.411 e. The lowest BCUT2D eigenvalue weighted by atomic mass is 10.1. The van der Waals surface area contributed by atoms with Crippen LogP contribution in [-0.4, -0.2) is 71.7 Å². The molecule has 2 heterocycles. The number of esters is 1. The van der Waals surface area contributed by atoms with E-state index < -0.39 is 29.7 Å². The van der Waals surface area contributed by atoms with Gasteiger partial charge in [-0.15, -0.1) is 0 Å². The molecular weight excluding hydrogens is 314 g/mol. The standard InChI is InChI=1S/C16H27N3O5/c1-16(2,3)24-15(22)19-9-10(17)8-12(19)13(20)18-7-5-6-11(18)14(21)23-4/h10-12H,5-9,17H2,1-4H3/t10-,11-,12-/m0/s1. The lowest BCUT2D eigenvalue weighted by molar-refractivity contribution is -0.152. The van der Waals surface area contributed by atoms with Crippen LogP contribution < -0.4 is 5.73 Å². The van der Waals surface area contributed by atoms with E-state index in [1.165, 1.54) is 16.9 Å². The lowest BCUT2D eigenvalue weighted by Crippen LogP contribution is -2.51. The van der Waals surface area contributed by atoms with E-state index in [0.717, 1.165) is 6.42 Å². The van der Waals surface area contributed by atoms with Gasteiger partial charge in [-0.05, 0) is 40.0 Å². The van der Waals surface area contributed by atoms with Gasteiger partial charge >= 0.3 is 12.1 Å². The summed E-state index contributed by atoms with van der Waals surface area (Å²) in [6.45, 7) is 6.05. The molecule has 0 saturated carbocycles. The van der Waals surface area contributed by atoms with E-state index in [1.807, 2.05) is 0 Å². The van der Waals surface area contributed by atoms with Crippen LogP contribution in [-0.2, 0) is 19.1 Å². The highest BCUT2D eigenvalue weighted by atomic mass is 16.6. The molecular formula is C16H27N3O5. The first-order valence-electron chi connectivity index (χ1n) is 8.27. The zero-order chi connectivity index (χ0) is 18.1. The second-order valence-electron chi connectivity index (χ2n) is 7.36. The molecule has 0 spiro atoms. The third kappa shape index (κ3) is 3.98. The fourth-order valence-electron chi connectivity index (χ4n) is 3.23. The number of nitrogens with zero attached hydrogens (tertiary/aromatic N) is 2. The Kier molecular flexibility index (Phi) is 5.37. The number of methoxy groups -OCH3 is 1. The summed E-state index contributed by atoms with van der Waals surface area (Å²) in [5.74, 6) is -0.686. The van der Waals surface area contributed by atoms with Gasteiger partial charge in [0.1, 0.15) is 17.7 Å². The first kappa shape index (κ1) is 18.5. The molecule has 2 rings (SSSR count). The summed E-state index contributed by atoms with van der Waals surface area (Å²) in [6, 6.07) is -1.56. The van der Waals surface area contributed by atoms with E-state index in [2.05, 4.69) is 0 Å². The van der Waals surface area contributed by atoms with Crippen LogP contribution in [0.1, 0.15) is 40.0 Å². The Morgan fingerprint density at radius 2 is 1.79 bits per heavy atom. The van der Waals surface area contributed by atoms with Gasteiger partial charge < -0.3 is 20.1 Å². The normalized spacial score (nSPS) is 27.3. The topological polar surface area (TPSA) is 102 Å². The van der Waals surface area contributed by atoms with Crippen LogP contribution in [0.2, 0.25) is 0 Å². The predicted molar refractivity (Wildman–Crippen MR) is 86.1 cm³/mol. The Morgan fingerprint density at radius 3 is 2.38 bits per heavy atom. The van der Waals surface area contributed by atoms with Crippen LogP contribution in [0.25, 0.3) is 0 Å². The molecule has 2 saturated heterocycles. The summed E-state index contributed by atoms with van der Waals surface area (Å²) in [7, 11) is 1.31. The predicted octanol–water partition coefficient (Wildman–Crippen LogP) is 0.487. The monoisotopic (exact) mass is 341 g/mol. The maximum absolute atomic E-state index is 12.9. The molecule has 2 aliphatic rings. The van der Waals surface area contributed by atoms with Crippen molar-refractivity contribution >= 4 is 18.0 Å². The number of amides is 2. The zero-order valence-electron chi connectivity index (χ0n) is 14.8. The Balaban J connectivity index is 2.14. The van der Waals surface area contributed by atoms with Gasteiger partial charge in [-0.1, -0.05) is 0 Å². The van der Waals surface area contributed by atoms with Crippen molar-refractivity contribution in [3.63, 3.8) is 0 Å². The highest BCUT2D eigenvalue weighted by Gasteiger charge is 2.45. The first-order valence-corrected chi connectivity index (χ1v) is 8.27. The molecule has 0 unspecified atom stereocenters. The highest BCUT2D eigenvalue weighted by molar-refractivity contribution is 5.90. The number of likely N-dealkylation sites (tertiary alicyclic amines) is 2. The first-order chi connectivity index (χ1) is 11.1. The maximum atomic E-state index is 12.9.